The Kier molecular flexibility index (Phi) is 27.6. The number of aliphatic hydroxyl groups excluding tert-OH is 1. The van der Waals surface area contributed by atoms with Crippen LogP contribution in [-0.2, 0) is 70.1 Å². The number of amides is 1. The van der Waals surface area contributed by atoms with Gasteiger partial charge >= 0.3 is 5.97 Å². The Labute approximate surface area is 476 Å². The number of esters is 1. The molecule has 15 atom stereocenters. The largest absolute Gasteiger partial charge is 0.460 e. The molecule has 1 saturated carbocycles. The van der Waals surface area contributed by atoms with Gasteiger partial charge in [0.15, 0.2) is 5.78 Å². The van der Waals surface area contributed by atoms with Gasteiger partial charge < -0.3 is 48.3 Å². The number of hydrogen-bond acceptors (Lipinski definition) is 16. The fourth-order valence-corrected chi connectivity index (χ4v) is 11.9. The molecule has 0 radical (unpaired) electrons. The highest BCUT2D eigenvalue weighted by Crippen LogP contribution is 2.38. The molecule has 0 aromatic carbocycles. The van der Waals surface area contributed by atoms with Gasteiger partial charge in [-0.15, -0.1) is 5.10 Å². The summed E-state index contributed by atoms with van der Waals surface area (Å²) in [5, 5.41) is 32.2. The lowest BCUT2D eigenvalue weighted by Crippen LogP contribution is -2.61. The third kappa shape index (κ3) is 19.1. The highest BCUT2D eigenvalue weighted by atomic mass is 16.6. The maximum absolute atomic E-state index is 14.7. The molecule has 1 aromatic rings. The highest BCUT2D eigenvalue weighted by molar-refractivity contribution is 6.39. The van der Waals surface area contributed by atoms with Crippen molar-refractivity contribution in [2.45, 2.75) is 219 Å². The zero-order valence-electron chi connectivity index (χ0n) is 50.1. The summed E-state index contributed by atoms with van der Waals surface area (Å²) in [6, 6.07) is -1.15. The van der Waals surface area contributed by atoms with Crippen molar-refractivity contribution >= 4 is 29.2 Å². The van der Waals surface area contributed by atoms with Crippen LogP contribution in [0.3, 0.4) is 0 Å². The lowest BCUT2D eigenvalue weighted by Gasteiger charge is -2.42. The topological polar surface area (TPSA) is 224 Å². The molecule has 4 heterocycles. The number of hydrogen-bond donors (Lipinski definition) is 2. The molecular formula is C62H98N4O14. The number of unbranched alkanes of at least 4 members (excludes halogenated alkanes) is 1. The molecule has 18 nitrogen and oxygen atoms in total. The number of carbonyl (C=O) groups is 5. The van der Waals surface area contributed by atoms with Crippen LogP contribution in [0.15, 0.2) is 53.8 Å². The number of carbonyl (C=O) groups excluding carboxylic acids is 5. The van der Waals surface area contributed by atoms with E-state index in [4.69, 9.17) is 33.2 Å². The van der Waals surface area contributed by atoms with Crippen molar-refractivity contribution < 1.29 is 67.3 Å². The summed E-state index contributed by atoms with van der Waals surface area (Å²) in [5.74, 6) is -7.92. The average Bonchev–Trinajstić information content (AvgIpc) is 4.00. The van der Waals surface area contributed by atoms with Crippen LogP contribution in [0.25, 0.3) is 0 Å². The van der Waals surface area contributed by atoms with Gasteiger partial charge in [0.05, 0.1) is 43.3 Å². The summed E-state index contributed by atoms with van der Waals surface area (Å²) in [4.78, 5) is 72.9. The van der Waals surface area contributed by atoms with Crippen LogP contribution in [-0.4, -0.2) is 162 Å². The number of nitrogens with zero attached hydrogens (tertiary/aromatic N) is 4. The SMILES string of the molecule is CCCOCCn1cc(CCCCO[C@@H]2CC[C@@H](C[C@@H](C)[C@@H]3CC(=O)[C@H](C)/C=C(\C)[C@@H](O)[C@@H](OC)C(=O)[C@H](C)C[C@H](C)/C=C/C=C/C=C(\C)[C@@H](OC)C[C@@H]4CC[C@@H](C)[C@@](O)(O4)C(=O)C(=O)N4CCCC[C@H]4C(=O)O3)C[C@H]2OC)nn1. The van der Waals surface area contributed by atoms with Crippen molar-refractivity contribution in [3.8, 4) is 0 Å². The second-order valence-electron chi connectivity index (χ2n) is 23.5. The van der Waals surface area contributed by atoms with Gasteiger partial charge in [-0.3, -0.25) is 19.2 Å². The average molecular weight is 1120 g/mol. The van der Waals surface area contributed by atoms with Gasteiger partial charge in [-0.25, -0.2) is 9.48 Å². The second-order valence-corrected chi connectivity index (χ2v) is 23.5. The first kappa shape index (κ1) is 66.5. The maximum Gasteiger partial charge on any atom is 0.329 e. The molecule has 18 heteroatoms. The monoisotopic (exact) mass is 1120 g/mol. The molecule has 3 fully saturated rings. The summed E-state index contributed by atoms with van der Waals surface area (Å²) in [6.07, 6.45) is 17.8. The quantitative estimate of drug-likeness (QED) is 0.0648. The van der Waals surface area contributed by atoms with Crippen LogP contribution >= 0.6 is 0 Å². The number of piperidine rings is 1. The number of rotatable bonds is 17. The standard InChI is InChI=1S/C62H98N4O14/c1-12-30-77-32-29-65-39-48(63-64-65)22-17-19-31-78-52-27-25-47(36-55(52)75-10)35-43(5)54-38-51(67)42(4)34-45(7)57(69)58(76-11)56(68)44(6)33-40(2)20-14-13-15-21-41(3)53(74-9)37-49-26-24-46(8)62(73,80-49)59(70)60(71)66-28-18-16-23-50(66)61(72)79-54/h13-15,20-21,34,39-40,42-44,46-47,49-50,52-55,57-58,69,73H,12,16-19,22-33,35-38H2,1-11H3/b15-13+,20-14+,41-21+,45-34+/t40-,42-,43-,44-,46-,47+,49+,50+,52-,53+,54+,55-,57-,58+,62-/m1/s1. The Balaban J connectivity index is 1.35. The van der Waals surface area contributed by atoms with Crippen molar-refractivity contribution in [2.75, 3.05) is 47.7 Å². The van der Waals surface area contributed by atoms with E-state index in [-0.39, 0.29) is 60.9 Å². The zero-order chi connectivity index (χ0) is 58.5. The van der Waals surface area contributed by atoms with E-state index in [9.17, 15) is 34.2 Å². The number of ketones is 3. The molecule has 1 amide bonds. The lowest BCUT2D eigenvalue weighted by molar-refractivity contribution is -0.265. The summed E-state index contributed by atoms with van der Waals surface area (Å²) >= 11 is 0. The zero-order valence-corrected chi connectivity index (χ0v) is 50.1. The van der Waals surface area contributed by atoms with E-state index in [1.807, 2.05) is 69.0 Å². The Bertz CT molecular complexity index is 2260. The smallest absolute Gasteiger partial charge is 0.329 e. The molecular weight excluding hydrogens is 1020 g/mol. The van der Waals surface area contributed by atoms with Crippen LogP contribution in [0.5, 0.6) is 0 Å². The minimum atomic E-state index is -2.44. The van der Waals surface area contributed by atoms with E-state index in [0.717, 1.165) is 56.4 Å². The Morgan fingerprint density at radius 2 is 1.62 bits per heavy atom. The molecule has 5 rings (SSSR count). The minimum absolute atomic E-state index is 0.0130. The molecule has 2 bridgehead atoms. The summed E-state index contributed by atoms with van der Waals surface area (Å²) in [5.41, 5.74) is 2.21. The number of Topliss-reactive ketones (excluding diaryl/α,β-unsaturated/α-hetero) is 3. The number of fused-ring (bicyclic) bond motifs is 3. The van der Waals surface area contributed by atoms with E-state index in [2.05, 4.69) is 17.2 Å². The van der Waals surface area contributed by atoms with Gasteiger partial charge in [-0.05, 0) is 133 Å². The van der Waals surface area contributed by atoms with E-state index >= 15 is 0 Å². The summed E-state index contributed by atoms with van der Waals surface area (Å²) < 4.78 is 44.0. The van der Waals surface area contributed by atoms with Gasteiger partial charge in [0, 0.05) is 77.9 Å². The maximum atomic E-state index is 14.7. The van der Waals surface area contributed by atoms with Crippen molar-refractivity contribution in [1.82, 2.24) is 19.9 Å². The lowest BCUT2D eigenvalue weighted by atomic mass is 9.78. The molecule has 450 valence electrons. The molecule has 0 spiro atoms. The van der Waals surface area contributed by atoms with Gasteiger partial charge in [0.2, 0.25) is 5.79 Å². The van der Waals surface area contributed by atoms with Gasteiger partial charge in [-0.2, -0.15) is 0 Å². The normalized spacial score (nSPS) is 35.1. The molecule has 4 aliphatic rings. The predicted octanol–water partition coefficient (Wildman–Crippen LogP) is 8.25. The molecule has 3 aliphatic heterocycles. The van der Waals surface area contributed by atoms with Crippen molar-refractivity contribution in [2.24, 2.45) is 35.5 Å². The predicted molar refractivity (Wildman–Crippen MR) is 303 cm³/mol. The number of aromatic nitrogens is 3. The van der Waals surface area contributed by atoms with E-state index in [0.29, 0.717) is 76.7 Å². The molecule has 80 heavy (non-hydrogen) atoms. The number of aryl methyl sites for hydroxylation is 1. The van der Waals surface area contributed by atoms with Crippen molar-refractivity contribution in [3.05, 3.63) is 59.5 Å². The molecule has 2 saturated heterocycles. The van der Waals surface area contributed by atoms with Crippen LogP contribution in [0, 0.1) is 35.5 Å². The number of aliphatic hydroxyl groups is 2. The number of ether oxygens (including phenoxy) is 7. The van der Waals surface area contributed by atoms with E-state index in [1.165, 1.54) is 12.0 Å². The van der Waals surface area contributed by atoms with E-state index in [1.54, 1.807) is 41.1 Å². The Morgan fingerprint density at radius 1 is 0.850 bits per heavy atom. The first-order chi connectivity index (χ1) is 38.2. The van der Waals surface area contributed by atoms with Crippen molar-refractivity contribution in [3.63, 3.8) is 0 Å². The Hall–Kier alpha value is -4.27. The number of methoxy groups -OCH3 is 3. The highest BCUT2D eigenvalue weighted by Gasteiger charge is 2.53. The van der Waals surface area contributed by atoms with Crippen LogP contribution in [0.1, 0.15) is 157 Å². The van der Waals surface area contributed by atoms with Gasteiger partial charge in [-0.1, -0.05) is 83.2 Å². The molecule has 1 aliphatic carbocycles. The summed E-state index contributed by atoms with van der Waals surface area (Å²) in [7, 11) is 4.67. The number of allylic oxidation sites excluding steroid dienone is 6. The second kappa shape index (κ2) is 33.1. The van der Waals surface area contributed by atoms with E-state index < -0.39 is 77.8 Å². The van der Waals surface area contributed by atoms with Crippen molar-refractivity contribution in [1.29, 1.82) is 0 Å². The summed E-state index contributed by atoms with van der Waals surface area (Å²) in [6.45, 7) is 17.5. The van der Waals surface area contributed by atoms with Crippen LogP contribution in [0.2, 0.25) is 0 Å². The fourth-order valence-electron chi connectivity index (χ4n) is 11.9. The first-order valence-electron chi connectivity index (χ1n) is 29.8. The van der Waals surface area contributed by atoms with Gasteiger partial charge in [0.1, 0.15) is 30.1 Å². The van der Waals surface area contributed by atoms with Crippen LogP contribution in [0.4, 0.5) is 0 Å². The third-order valence-corrected chi connectivity index (χ3v) is 17.0. The number of cyclic esters (lactones) is 1. The molecule has 2 N–H and O–H groups in total. The third-order valence-electron chi connectivity index (χ3n) is 17.0. The Morgan fingerprint density at radius 3 is 2.35 bits per heavy atom. The first-order valence-corrected chi connectivity index (χ1v) is 29.8. The van der Waals surface area contributed by atoms with Gasteiger partial charge in [0.25, 0.3) is 11.7 Å². The fraction of sp³-hybridized carbons (Fsp3) is 0.758. The van der Waals surface area contributed by atoms with Crippen LogP contribution < -0.4 is 0 Å². The minimum Gasteiger partial charge on any atom is -0.460 e. The molecule has 0 unspecified atom stereocenters. The molecule has 1 aromatic heterocycles.